The van der Waals surface area contributed by atoms with E-state index in [1.54, 1.807) is 12.3 Å². The fraction of sp³-hybridized carbons (Fsp3) is 0.440. The van der Waals surface area contributed by atoms with Crippen LogP contribution in [0.5, 0.6) is 0 Å². The number of hydrogen-bond acceptors (Lipinski definition) is 8. The predicted molar refractivity (Wildman–Crippen MR) is 128 cm³/mol. The highest BCUT2D eigenvalue weighted by Crippen LogP contribution is 2.24. The number of nitrogens with zero attached hydrogens (tertiary/aromatic N) is 4. The zero-order chi connectivity index (χ0) is 23.5. The van der Waals surface area contributed by atoms with Crippen molar-refractivity contribution in [3.8, 4) is 0 Å². The molecule has 9 nitrogen and oxygen atoms in total. The molecule has 2 fully saturated rings. The molecule has 9 heteroatoms. The van der Waals surface area contributed by atoms with E-state index in [9.17, 15) is 9.59 Å². The number of aromatic nitrogens is 2. The number of ketones is 1. The van der Waals surface area contributed by atoms with Gasteiger partial charge in [0.2, 0.25) is 0 Å². The van der Waals surface area contributed by atoms with Crippen LogP contribution >= 0.6 is 0 Å². The van der Waals surface area contributed by atoms with E-state index < -0.39 is 6.09 Å². The molecule has 2 aromatic rings. The van der Waals surface area contributed by atoms with Crippen LogP contribution in [0.2, 0.25) is 0 Å². The lowest BCUT2D eigenvalue weighted by atomic mass is 9.92. The van der Waals surface area contributed by atoms with E-state index in [4.69, 9.17) is 9.47 Å². The Kier molecular flexibility index (Phi) is 6.55. The first-order chi connectivity index (χ1) is 16.6. The predicted octanol–water partition coefficient (Wildman–Crippen LogP) is 2.66. The van der Waals surface area contributed by atoms with Crippen LogP contribution < -0.4 is 10.2 Å². The van der Waals surface area contributed by atoms with Crippen molar-refractivity contribution in [2.75, 3.05) is 49.6 Å². The van der Waals surface area contributed by atoms with E-state index in [0.717, 1.165) is 67.2 Å². The minimum absolute atomic E-state index is 0.166. The van der Waals surface area contributed by atoms with Crippen LogP contribution in [0.4, 0.5) is 16.3 Å². The van der Waals surface area contributed by atoms with Gasteiger partial charge in [-0.3, -0.25) is 20.0 Å². The highest BCUT2D eigenvalue weighted by atomic mass is 16.6. The van der Waals surface area contributed by atoms with Gasteiger partial charge in [-0.05, 0) is 41.3 Å². The highest BCUT2D eigenvalue weighted by molar-refractivity contribution is 6.03. The fourth-order valence-electron chi connectivity index (χ4n) is 4.40. The molecule has 2 aliphatic heterocycles. The Morgan fingerprint density at radius 2 is 2.00 bits per heavy atom. The molecule has 0 aromatic carbocycles. The molecule has 0 saturated carbocycles. The molecule has 1 amide bonds. The van der Waals surface area contributed by atoms with Crippen molar-refractivity contribution in [2.45, 2.75) is 32.4 Å². The van der Waals surface area contributed by atoms with Gasteiger partial charge in [0.25, 0.3) is 0 Å². The summed E-state index contributed by atoms with van der Waals surface area (Å²) in [4.78, 5) is 37.7. The molecular weight excluding hydrogens is 434 g/mol. The van der Waals surface area contributed by atoms with E-state index in [-0.39, 0.29) is 11.9 Å². The Bertz CT molecular complexity index is 1090. The summed E-state index contributed by atoms with van der Waals surface area (Å²) in [5.74, 6) is 0.675. The number of amides is 1. The van der Waals surface area contributed by atoms with Gasteiger partial charge in [-0.15, -0.1) is 0 Å². The van der Waals surface area contributed by atoms with Crippen molar-refractivity contribution in [1.29, 1.82) is 0 Å². The average Bonchev–Trinajstić information content (AvgIpc) is 2.82. The zero-order valence-corrected chi connectivity index (χ0v) is 19.3. The van der Waals surface area contributed by atoms with E-state index in [1.807, 2.05) is 25.3 Å². The highest BCUT2D eigenvalue weighted by Gasteiger charge is 2.23. The molecule has 4 heterocycles. The average molecular weight is 464 g/mol. The Labute approximate surface area is 198 Å². The largest absolute Gasteiger partial charge is 0.441 e. The molecule has 0 unspecified atom stereocenters. The summed E-state index contributed by atoms with van der Waals surface area (Å²) in [5, 5.41) is 2.65. The first kappa shape index (κ1) is 22.5. The van der Waals surface area contributed by atoms with Gasteiger partial charge in [0.15, 0.2) is 11.9 Å². The zero-order valence-electron chi connectivity index (χ0n) is 19.3. The lowest BCUT2D eigenvalue weighted by Crippen LogP contribution is -2.46. The third kappa shape index (κ3) is 5.10. The number of nitrogens with one attached hydrogen (secondary N) is 1. The molecule has 0 radical (unpaired) electrons. The first-order valence-corrected chi connectivity index (χ1v) is 11.8. The second-order valence-electron chi connectivity index (χ2n) is 8.87. The number of anilines is 2. The molecule has 0 bridgehead atoms. The van der Waals surface area contributed by atoms with Gasteiger partial charge in [-0.1, -0.05) is 13.0 Å². The van der Waals surface area contributed by atoms with Gasteiger partial charge in [0.05, 0.1) is 30.8 Å². The van der Waals surface area contributed by atoms with Crippen molar-refractivity contribution in [1.82, 2.24) is 14.9 Å². The lowest BCUT2D eigenvalue weighted by Gasteiger charge is -2.36. The summed E-state index contributed by atoms with van der Waals surface area (Å²) in [6.45, 7) is 7.35. The minimum Gasteiger partial charge on any atom is -0.441 e. The van der Waals surface area contributed by atoms with Crippen LogP contribution in [0.3, 0.4) is 0 Å². The number of carbonyl (C=O) groups excluding carboxylic acids is 2. The molecule has 0 atom stereocenters. The number of rotatable bonds is 6. The summed E-state index contributed by atoms with van der Waals surface area (Å²) >= 11 is 0. The van der Waals surface area contributed by atoms with Crippen LogP contribution in [0.15, 0.2) is 36.2 Å². The maximum atomic E-state index is 12.2. The maximum absolute atomic E-state index is 12.2. The van der Waals surface area contributed by atoms with Gasteiger partial charge in [0, 0.05) is 45.3 Å². The number of fused-ring (bicyclic) bond motifs is 1. The quantitative estimate of drug-likeness (QED) is 0.699. The number of carbonyl (C=O) groups is 2. The molecular formula is C25H29N5O4. The van der Waals surface area contributed by atoms with Crippen molar-refractivity contribution < 1.29 is 19.1 Å². The molecule has 2 saturated heterocycles. The number of pyridine rings is 2. The topological polar surface area (TPSA) is 96.9 Å². The standard InChI is InChI=1S/C25H29N5O4/c1-2-18-10-22-19(11-23(18)31)9-17(12-26-22)14-29-5-7-30(8-6-29)20-3-4-24(27-13-20)28-25(32)34-21-15-33-16-21/h3-4,9-10,12-13,21H,2,5-8,11,14-16H2,1H3,(H,27,28,32). The third-order valence-electron chi connectivity index (χ3n) is 6.46. The van der Waals surface area contributed by atoms with Gasteiger partial charge in [-0.2, -0.15) is 0 Å². The fourth-order valence-corrected chi connectivity index (χ4v) is 4.40. The molecule has 3 aliphatic rings. The van der Waals surface area contributed by atoms with E-state index in [2.05, 4.69) is 31.2 Å². The lowest BCUT2D eigenvalue weighted by molar-refractivity contribution is -0.115. The van der Waals surface area contributed by atoms with Crippen LogP contribution in [0.25, 0.3) is 6.08 Å². The Hall–Kier alpha value is -3.30. The van der Waals surface area contributed by atoms with Gasteiger partial charge in [0.1, 0.15) is 5.82 Å². The third-order valence-corrected chi connectivity index (χ3v) is 6.46. The van der Waals surface area contributed by atoms with Gasteiger partial charge < -0.3 is 14.4 Å². The Balaban J connectivity index is 1.12. The van der Waals surface area contributed by atoms with Gasteiger partial charge >= 0.3 is 6.09 Å². The number of allylic oxidation sites excluding steroid dienone is 1. The Morgan fingerprint density at radius 3 is 2.68 bits per heavy atom. The first-order valence-electron chi connectivity index (χ1n) is 11.8. The summed E-state index contributed by atoms with van der Waals surface area (Å²) < 4.78 is 10.2. The monoisotopic (exact) mass is 463 g/mol. The normalized spacial score (nSPS) is 18.7. The molecule has 1 N–H and O–H groups in total. The maximum Gasteiger partial charge on any atom is 0.413 e. The molecule has 5 rings (SSSR count). The summed E-state index contributed by atoms with van der Waals surface area (Å²) in [6.07, 6.45) is 6.18. The summed E-state index contributed by atoms with van der Waals surface area (Å²) in [7, 11) is 0. The molecule has 0 spiro atoms. The van der Waals surface area contributed by atoms with Crippen molar-refractivity contribution in [3.63, 3.8) is 0 Å². The van der Waals surface area contributed by atoms with E-state index >= 15 is 0 Å². The summed E-state index contributed by atoms with van der Waals surface area (Å²) in [6, 6.07) is 5.89. The molecule has 178 valence electrons. The van der Waals surface area contributed by atoms with Crippen molar-refractivity contribution >= 4 is 29.5 Å². The second-order valence-corrected chi connectivity index (χ2v) is 8.87. The number of Topliss-reactive ketones (excluding diaryl/α,β-unsaturated/α-hetero) is 1. The van der Waals surface area contributed by atoms with Crippen LogP contribution in [-0.4, -0.2) is 72.2 Å². The number of ether oxygens (including phenoxy) is 2. The number of hydrogen-bond donors (Lipinski definition) is 1. The van der Waals surface area contributed by atoms with Crippen molar-refractivity contribution in [2.24, 2.45) is 0 Å². The van der Waals surface area contributed by atoms with Crippen LogP contribution in [-0.2, 0) is 27.2 Å². The molecule has 34 heavy (non-hydrogen) atoms. The van der Waals surface area contributed by atoms with Crippen LogP contribution in [0.1, 0.15) is 30.2 Å². The van der Waals surface area contributed by atoms with Crippen molar-refractivity contribution in [3.05, 3.63) is 53.0 Å². The summed E-state index contributed by atoms with van der Waals surface area (Å²) in [5.41, 5.74) is 5.00. The number of piperazine rings is 1. The second kappa shape index (κ2) is 9.90. The van der Waals surface area contributed by atoms with E-state index in [0.29, 0.717) is 25.5 Å². The van der Waals surface area contributed by atoms with E-state index in [1.165, 1.54) is 0 Å². The Morgan fingerprint density at radius 1 is 1.18 bits per heavy atom. The molecule has 1 aliphatic carbocycles. The SMILES string of the molecule is CCC1=Cc2ncc(CN3CCN(c4ccc(NC(=O)OC5COC5)nc4)CC3)cc2CC1=O. The smallest absolute Gasteiger partial charge is 0.413 e. The molecule has 2 aromatic heterocycles. The van der Waals surface area contributed by atoms with Gasteiger partial charge in [-0.25, -0.2) is 9.78 Å². The van der Waals surface area contributed by atoms with Crippen LogP contribution in [0, 0.1) is 0 Å². The minimum atomic E-state index is -0.509.